The summed E-state index contributed by atoms with van der Waals surface area (Å²) in [6.07, 6.45) is -3.03. The fourth-order valence-corrected chi connectivity index (χ4v) is 6.99. The molecule has 6 N–H and O–H groups in total. The average molecular weight is 611 g/mol. The first kappa shape index (κ1) is 29.8. The van der Waals surface area contributed by atoms with Crippen molar-refractivity contribution in [2.75, 3.05) is 11.9 Å². The molecule has 0 radical (unpaired) electrons. The van der Waals surface area contributed by atoms with Gasteiger partial charge in [0.15, 0.2) is 10.3 Å². The van der Waals surface area contributed by atoms with Gasteiger partial charge in [0.1, 0.15) is 20.9 Å². The van der Waals surface area contributed by atoms with E-state index in [2.05, 4.69) is 26.0 Å². The number of hydrazine groups is 1. The molecule has 3 aromatic rings. The van der Waals surface area contributed by atoms with E-state index in [0.29, 0.717) is 12.3 Å². The number of pyridine rings is 1. The largest absolute Gasteiger partial charge is 0.426 e. The Hall–Kier alpha value is -3.74. The van der Waals surface area contributed by atoms with E-state index in [-0.39, 0.29) is 47.2 Å². The standard InChI is InChI=1S/C20H19ClF3N7O6S2/c21-14-7-11(20(22,23)24)8-26-16(14)25-5-1-4-15(32)30-31-39(36,37)38-6-2-3-12(38)9-27-17(33)13-10-28-19(35)29-18(13)34/h2-3,6-8,10,31H,1,4-5,9H2,(H4-,25,26,27,28,29,30,32,33,34,35)/p+1. The van der Waals surface area contributed by atoms with Crippen molar-refractivity contribution in [1.82, 2.24) is 30.5 Å². The first-order chi connectivity index (χ1) is 18.3. The molecule has 0 aliphatic heterocycles. The second-order valence-corrected chi connectivity index (χ2v) is 12.9. The lowest BCUT2D eigenvalue weighted by atomic mass is 10.2. The third kappa shape index (κ3) is 8.12. The molecular weight excluding hydrogens is 591 g/mol. The van der Waals surface area contributed by atoms with E-state index < -0.39 is 53.4 Å². The number of rotatable bonds is 11. The Labute approximate surface area is 224 Å². The van der Waals surface area contributed by atoms with Crippen molar-refractivity contribution < 1.29 is 31.2 Å². The minimum Gasteiger partial charge on any atom is -0.369 e. The summed E-state index contributed by atoms with van der Waals surface area (Å²) in [5.41, 5.74) is -1.03. The molecule has 3 heterocycles. The van der Waals surface area contributed by atoms with E-state index >= 15 is 0 Å². The normalized spacial score (nSPS) is 12.2. The maximum Gasteiger partial charge on any atom is 0.426 e. The van der Waals surface area contributed by atoms with Crippen LogP contribution >= 0.6 is 21.1 Å². The van der Waals surface area contributed by atoms with Gasteiger partial charge in [0.05, 0.1) is 17.1 Å². The second kappa shape index (κ2) is 12.4. The Morgan fingerprint density at radius 1 is 1.21 bits per heavy atom. The molecule has 0 saturated carbocycles. The van der Waals surface area contributed by atoms with Crippen LogP contribution in [0.2, 0.25) is 5.02 Å². The molecule has 19 heteroatoms. The number of aromatic nitrogens is 3. The molecule has 2 amide bonds. The van der Waals surface area contributed by atoms with Crippen molar-refractivity contribution >= 4 is 47.8 Å². The summed E-state index contributed by atoms with van der Waals surface area (Å²) in [6, 6.07) is 3.62. The Bertz CT molecular complexity index is 1590. The van der Waals surface area contributed by atoms with Crippen molar-refractivity contribution in [2.24, 2.45) is 0 Å². The van der Waals surface area contributed by atoms with Crippen LogP contribution in [0.4, 0.5) is 19.0 Å². The van der Waals surface area contributed by atoms with Gasteiger partial charge >= 0.3 is 20.9 Å². The van der Waals surface area contributed by atoms with E-state index in [1.807, 2.05) is 9.82 Å². The van der Waals surface area contributed by atoms with Crippen LogP contribution < -0.4 is 32.1 Å². The summed E-state index contributed by atoms with van der Waals surface area (Å²) in [5.74, 6) is -1.53. The highest BCUT2D eigenvalue weighted by molar-refractivity contribution is 8.38. The number of hydrogen-bond acceptors (Lipinski definition) is 8. The fourth-order valence-electron chi connectivity index (χ4n) is 2.96. The summed E-state index contributed by atoms with van der Waals surface area (Å²) in [7, 11) is -5.70. The number of carbonyl (C=O) groups excluding carboxylic acids is 2. The number of aromatic amines is 2. The molecule has 1 unspecified atom stereocenters. The molecule has 0 aliphatic rings. The summed E-state index contributed by atoms with van der Waals surface area (Å²) in [6.45, 7) is -0.134. The molecule has 1 atom stereocenters. The minimum absolute atomic E-state index is 0.00318. The lowest BCUT2D eigenvalue weighted by Gasteiger charge is -2.10. The Morgan fingerprint density at radius 3 is 2.62 bits per heavy atom. The number of nitrogens with zero attached hydrogens (tertiary/aromatic N) is 1. The summed E-state index contributed by atoms with van der Waals surface area (Å²) in [5, 5.41) is 6.17. The van der Waals surface area contributed by atoms with Crippen LogP contribution in [-0.4, -0.2) is 41.7 Å². The first-order valence-corrected chi connectivity index (χ1v) is 14.4. The smallest absolute Gasteiger partial charge is 0.369 e. The van der Waals surface area contributed by atoms with Crippen molar-refractivity contribution in [1.29, 1.82) is 0 Å². The van der Waals surface area contributed by atoms with Gasteiger partial charge in [0.25, 0.3) is 11.5 Å². The molecule has 0 bridgehead atoms. The second-order valence-electron chi connectivity index (χ2n) is 7.61. The number of H-pyrrole nitrogens is 2. The maximum absolute atomic E-state index is 12.7. The predicted molar refractivity (Wildman–Crippen MR) is 135 cm³/mol. The molecule has 3 rings (SSSR count). The van der Waals surface area contributed by atoms with Crippen LogP contribution in [0.1, 0.15) is 33.6 Å². The molecular formula is C20H20ClF3N7O6S2+. The van der Waals surface area contributed by atoms with Gasteiger partial charge in [0, 0.05) is 31.4 Å². The number of amides is 2. The summed E-state index contributed by atoms with van der Waals surface area (Å²) < 4.78 is 63.4. The van der Waals surface area contributed by atoms with Gasteiger partial charge in [-0.3, -0.25) is 24.8 Å². The quantitative estimate of drug-likeness (QED) is 0.0811. The summed E-state index contributed by atoms with van der Waals surface area (Å²) in [4.78, 5) is 57.0. The van der Waals surface area contributed by atoms with Gasteiger partial charge in [-0.2, -0.15) is 21.6 Å². The Balaban J connectivity index is 1.47. The molecule has 0 aromatic carbocycles. The number of anilines is 1. The van der Waals surface area contributed by atoms with E-state index in [9.17, 15) is 40.8 Å². The number of nitrogens with one attached hydrogen (secondary N) is 6. The number of halogens is 4. The molecule has 39 heavy (non-hydrogen) atoms. The third-order valence-electron chi connectivity index (χ3n) is 4.82. The molecule has 13 nitrogen and oxygen atoms in total. The number of thiophene rings is 1. The number of carbonyl (C=O) groups is 2. The molecule has 3 aromatic heterocycles. The molecule has 0 spiro atoms. The summed E-state index contributed by atoms with van der Waals surface area (Å²) >= 11 is 5.79. The third-order valence-corrected chi connectivity index (χ3v) is 9.78. The lowest BCUT2D eigenvalue weighted by Crippen LogP contribution is -2.40. The molecule has 0 fully saturated rings. The van der Waals surface area contributed by atoms with Gasteiger partial charge in [-0.15, -0.1) is 0 Å². The van der Waals surface area contributed by atoms with Crippen molar-refractivity contribution in [3.63, 3.8) is 0 Å². The van der Waals surface area contributed by atoms with Crippen LogP contribution in [-0.2, 0) is 26.6 Å². The van der Waals surface area contributed by atoms with Crippen LogP contribution in [0.5, 0.6) is 0 Å². The van der Waals surface area contributed by atoms with Crippen LogP contribution in [0.15, 0.2) is 45.6 Å². The minimum atomic E-state index is -4.59. The van der Waals surface area contributed by atoms with E-state index in [4.69, 9.17) is 11.6 Å². The average Bonchev–Trinajstić information content (AvgIpc) is 3.34. The zero-order valence-electron chi connectivity index (χ0n) is 19.5. The van der Waals surface area contributed by atoms with Crippen molar-refractivity contribution in [3.05, 3.63) is 77.8 Å². The topological polar surface area (TPSA) is 195 Å². The van der Waals surface area contributed by atoms with Gasteiger partial charge in [-0.1, -0.05) is 16.4 Å². The van der Waals surface area contributed by atoms with Crippen molar-refractivity contribution in [3.8, 4) is 0 Å². The molecule has 210 valence electrons. The van der Waals surface area contributed by atoms with Gasteiger partial charge in [-0.25, -0.2) is 9.78 Å². The highest BCUT2D eigenvalue weighted by Crippen LogP contribution is 2.32. The maximum atomic E-state index is 12.7. The monoisotopic (exact) mass is 610 g/mol. The SMILES string of the molecule is O=C(CCCNc1ncc(C(F)(F)F)cc1Cl)NNS(=O)(=O)[s+]1cccc1CNC(=O)c1c[nH]c(=O)[nH]c1=O. The highest BCUT2D eigenvalue weighted by atomic mass is 35.5. The first-order valence-electron chi connectivity index (χ1n) is 10.8. The highest BCUT2D eigenvalue weighted by Gasteiger charge is 2.32. The van der Waals surface area contributed by atoms with Crippen LogP contribution in [0.3, 0.4) is 0 Å². The predicted octanol–water partition coefficient (Wildman–Crippen LogP) is 1.42. The van der Waals surface area contributed by atoms with E-state index in [1.54, 1.807) is 0 Å². The number of alkyl halides is 3. The lowest BCUT2D eigenvalue weighted by molar-refractivity contribution is -0.137. The van der Waals surface area contributed by atoms with E-state index in [0.717, 1.165) is 6.20 Å². The van der Waals surface area contributed by atoms with Gasteiger partial charge < -0.3 is 15.6 Å². The molecule has 0 saturated heterocycles. The number of hydrogen-bond donors (Lipinski definition) is 6. The molecule has 0 aliphatic carbocycles. The van der Waals surface area contributed by atoms with Crippen LogP contribution in [0.25, 0.3) is 0 Å². The van der Waals surface area contributed by atoms with Gasteiger partial charge in [0.2, 0.25) is 5.91 Å². The van der Waals surface area contributed by atoms with E-state index in [1.165, 1.54) is 17.5 Å². The fraction of sp³-hybridized carbons (Fsp3) is 0.250. The van der Waals surface area contributed by atoms with Crippen LogP contribution in [0, 0.1) is 0 Å². The zero-order valence-corrected chi connectivity index (χ0v) is 21.9. The van der Waals surface area contributed by atoms with Gasteiger partial charge in [-0.05, 0) is 18.6 Å². The van der Waals surface area contributed by atoms with Crippen molar-refractivity contribution in [2.45, 2.75) is 25.6 Å². The Morgan fingerprint density at radius 2 is 1.95 bits per heavy atom. The zero-order chi connectivity index (χ0) is 28.8. The Kier molecular flexibility index (Phi) is 9.49.